The van der Waals surface area contributed by atoms with Gasteiger partial charge in [0, 0.05) is 11.0 Å². The van der Waals surface area contributed by atoms with E-state index >= 15 is 0 Å². The largest absolute Gasteiger partial charge is 0.343 e. The second kappa shape index (κ2) is 4.72. The molecule has 0 saturated carbocycles. The molecule has 1 saturated heterocycles. The number of benzene rings is 1. The molecule has 5 nitrogen and oxygen atoms in total. The molecule has 0 radical (unpaired) electrons. The topological polar surface area (TPSA) is 57.2 Å². The third kappa shape index (κ3) is 2.65. The molecule has 2 rings (SSSR count). The molecular formula is C12H16O5. The second-order valence-corrected chi connectivity index (χ2v) is 4.82. The molecule has 1 aliphatic rings. The van der Waals surface area contributed by atoms with Crippen molar-refractivity contribution in [3.63, 3.8) is 0 Å². The summed E-state index contributed by atoms with van der Waals surface area (Å²) in [7, 11) is 0. The third-order valence-corrected chi connectivity index (χ3v) is 2.58. The van der Waals surface area contributed by atoms with Crippen LogP contribution in [-0.2, 0) is 25.4 Å². The first-order valence-corrected chi connectivity index (χ1v) is 5.41. The van der Waals surface area contributed by atoms with Crippen LogP contribution in [0.25, 0.3) is 0 Å². The molecule has 94 valence electrons. The minimum absolute atomic E-state index is 0.100. The maximum absolute atomic E-state index is 8.49. The van der Waals surface area contributed by atoms with Gasteiger partial charge in [0.15, 0.2) is 0 Å². The molecule has 1 aliphatic heterocycles. The summed E-state index contributed by atoms with van der Waals surface area (Å²) < 4.78 is 11.2. The zero-order valence-electron chi connectivity index (χ0n) is 9.88. The van der Waals surface area contributed by atoms with E-state index in [1.54, 1.807) is 12.1 Å². The van der Waals surface area contributed by atoms with Crippen molar-refractivity contribution in [1.82, 2.24) is 0 Å². The summed E-state index contributed by atoms with van der Waals surface area (Å²) in [4.78, 5) is 4.76. The molecule has 0 bridgehead atoms. The van der Waals surface area contributed by atoms with Gasteiger partial charge in [-0.2, -0.15) is 0 Å². The van der Waals surface area contributed by atoms with Crippen LogP contribution in [0.4, 0.5) is 0 Å². The fourth-order valence-corrected chi connectivity index (χ4v) is 1.62. The molecule has 0 atom stereocenters. The van der Waals surface area contributed by atoms with Crippen molar-refractivity contribution in [3.05, 3.63) is 35.9 Å². The van der Waals surface area contributed by atoms with Gasteiger partial charge in [-0.15, -0.1) is 4.89 Å². The van der Waals surface area contributed by atoms with Crippen molar-refractivity contribution < 1.29 is 24.7 Å². The van der Waals surface area contributed by atoms with E-state index in [4.69, 9.17) is 19.6 Å². The van der Waals surface area contributed by atoms with Crippen LogP contribution in [0.15, 0.2) is 30.3 Å². The minimum atomic E-state index is -1.49. The SMILES string of the molecule is CC1(C)COC(OOO)(c2ccccc2)OC1. The van der Waals surface area contributed by atoms with Gasteiger partial charge in [-0.3, -0.25) is 0 Å². The molecule has 1 fully saturated rings. The minimum Gasteiger partial charge on any atom is -0.321 e. The monoisotopic (exact) mass is 240 g/mol. The number of rotatable bonds is 3. The lowest BCUT2D eigenvalue weighted by Crippen LogP contribution is -2.47. The van der Waals surface area contributed by atoms with Gasteiger partial charge in [-0.1, -0.05) is 49.2 Å². The molecule has 0 amide bonds. The predicted octanol–water partition coefficient (Wildman–Crippen LogP) is 2.29. The van der Waals surface area contributed by atoms with Crippen LogP contribution in [-0.4, -0.2) is 18.5 Å². The van der Waals surface area contributed by atoms with Crippen LogP contribution in [0, 0.1) is 5.41 Å². The highest BCUT2D eigenvalue weighted by atomic mass is 17.5. The first kappa shape index (κ1) is 12.5. The van der Waals surface area contributed by atoms with Gasteiger partial charge in [0.05, 0.1) is 13.2 Å². The maximum Gasteiger partial charge on any atom is 0.343 e. The molecule has 17 heavy (non-hydrogen) atoms. The molecule has 1 N–H and O–H groups in total. The van der Waals surface area contributed by atoms with Crippen molar-refractivity contribution in [2.45, 2.75) is 19.8 Å². The molecule has 0 unspecified atom stereocenters. The Labute approximate surface area is 99.7 Å². The molecule has 1 aromatic carbocycles. The first-order valence-electron chi connectivity index (χ1n) is 5.41. The van der Waals surface area contributed by atoms with E-state index in [9.17, 15) is 0 Å². The predicted molar refractivity (Wildman–Crippen MR) is 58.6 cm³/mol. The van der Waals surface area contributed by atoms with Crippen molar-refractivity contribution >= 4 is 0 Å². The summed E-state index contributed by atoms with van der Waals surface area (Å²) in [6.07, 6.45) is 0. The molecular weight excluding hydrogens is 224 g/mol. The standard InChI is InChI=1S/C12H16O5/c1-11(2)8-14-12(15-9-11,16-17-13)10-6-4-3-5-7-10/h3-7,13H,8-9H2,1-2H3. The Morgan fingerprint density at radius 3 is 2.24 bits per heavy atom. The van der Waals surface area contributed by atoms with Crippen molar-refractivity contribution in [2.75, 3.05) is 13.2 Å². The fraction of sp³-hybridized carbons (Fsp3) is 0.500. The second-order valence-electron chi connectivity index (χ2n) is 4.82. The first-order chi connectivity index (χ1) is 8.08. The van der Waals surface area contributed by atoms with Gasteiger partial charge in [-0.25, -0.2) is 5.26 Å². The van der Waals surface area contributed by atoms with Gasteiger partial charge < -0.3 is 9.47 Å². The van der Waals surface area contributed by atoms with E-state index in [0.717, 1.165) is 0 Å². The highest BCUT2D eigenvalue weighted by Crippen LogP contribution is 2.37. The van der Waals surface area contributed by atoms with Crippen LogP contribution in [0.5, 0.6) is 0 Å². The Morgan fingerprint density at radius 2 is 1.71 bits per heavy atom. The Morgan fingerprint density at radius 1 is 1.12 bits per heavy atom. The summed E-state index contributed by atoms with van der Waals surface area (Å²) in [5.74, 6) is -1.49. The van der Waals surface area contributed by atoms with Gasteiger partial charge in [0.25, 0.3) is 0 Å². The highest BCUT2D eigenvalue weighted by molar-refractivity contribution is 5.18. The van der Waals surface area contributed by atoms with E-state index in [1.807, 2.05) is 32.0 Å². The summed E-state index contributed by atoms with van der Waals surface area (Å²) in [5, 5.41) is 12.3. The van der Waals surface area contributed by atoms with Crippen LogP contribution in [0.1, 0.15) is 19.4 Å². The summed E-state index contributed by atoms with van der Waals surface area (Å²) in [5.41, 5.74) is 0.529. The van der Waals surface area contributed by atoms with E-state index < -0.39 is 5.97 Å². The maximum atomic E-state index is 8.49. The van der Waals surface area contributed by atoms with Crippen LogP contribution in [0.2, 0.25) is 0 Å². The van der Waals surface area contributed by atoms with Crippen molar-refractivity contribution in [2.24, 2.45) is 5.41 Å². The fourth-order valence-electron chi connectivity index (χ4n) is 1.62. The van der Waals surface area contributed by atoms with E-state index in [-0.39, 0.29) is 5.41 Å². The Hall–Kier alpha value is -0.980. The zero-order chi connectivity index (χ0) is 12.4. The van der Waals surface area contributed by atoms with Gasteiger partial charge in [0.2, 0.25) is 0 Å². The number of hydrogen-bond acceptors (Lipinski definition) is 5. The quantitative estimate of drug-likeness (QED) is 0.649. The number of hydrogen-bond donors (Lipinski definition) is 1. The Balaban J connectivity index is 2.23. The molecule has 5 heteroatoms. The lowest BCUT2D eigenvalue weighted by Gasteiger charge is -2.40. The molecule has 0 aliphatic carbocycles. The molecule has 0 spiro atoms. The summed E-state index contributed by atoms with van der Waals surface area (Å²) in [6.45, 7) is 4.90. The smallest absolute Gasteiger partial charge is 0.321 e. The van der Waals surface area contributed by atoms with Gasteiger partial charge in [0.1, 0.15) is 0 Å². The molecule has 1 aromatic rings. The Kier molecular flexibility index (Phi) is 3.46. The molecule has 1 heterocycles. The summed E-state index contributed by atoms with van der Waals surface area (Å²) in [6, 6.07) is 9.06. The van der Waals surface area contributed by atoms with Crippen LogP contribution < -0.4 is 0 Å². The average Bonchev–Trinajstić information content (AvgIpc) is 2.34. The van der Waals surface area contributed by atoms with Crippen LogP contribution in [0.3, 0.4) is 0 Å². The van der Waals surface area contributed by atoms with Gasteiger partial charge in [-0.05, 0) is 0 Å². The number of ether oxygens (including phenoxy) is 2. The van der Waals surface area contributed by atoms with E-state index in [2.05, 4.69) is 5.04 Å². The van der Waals surface area contributed by atoms with Crippen molar-refractivity contribution in [1.29, 1.82) is 0 Å². The normalized spacial score (nSPS) is 22.3. The third-order valence-electron chi connectivity index (χ3n) is 2.58. The lowest BCUT2D eigenvalue weighted by atomic mass is 9.95. The van der Waals surface area contributed by atoms with Crippen LogP contribution >= 0.6 is 0 Å². The van der Waals surface area contributed by atoms with Gasteiger partial charge >= 0.3 is 5.97 Å². The lowest BCUT2D eigenvalue weighted by molar-refractivity contribution is -0.617. The van der Waals surface area contributed by atoms with E-state index in [0.29, 0.717) is 18.8 Å². The highest BCUT2D eigenvalue weighted by Gasteiger charge is 2.45. The van der Waals surface area contributed by atoms with Crippen molar-refractivity contribution in [3.8, 4) is 0 Å². The average molecular weight is 240 g/mol. The summed E-state index contributed by atoms with van der Waals surface area (Å²) >= 11 is 0. The Bertz CT molecular complexity index is 352. The zero-order valence-corrected chi connectivity index (χ0v) is 9.88. The molecule has 0 aromatic heterocycles. The van der Waals surface area contributed by atoms with E-state index in [1.165, 1.54) is 0 Å².